The topological polar surface area (TPSA) is 34.1 Å². The van der Waals surface area contributed by atoms with Crippen molar-refractivity contribution in [3.8, 4) is 0 Å². The van der Waals surface area contributed by atoms with E-state index in [4.69, 9.17) is 0 Å². The summed E-state index contributed by atoms with van der Waals surface area (Å²) in [5.41, 5.74) is 0.278. The molecule has 23 heavy (non-hydrogen) atoms. The van der Waals surface area contributed by atoms with Gasteiger partial charge in [-0.05, 0) is 41.3 Å². The van der Waals surface area contributed by atoms with Gasteiger partial charge in [0.2, 0.25) is 0 Å². The molecule has 0 spiro atoms. The first-order valence-corrected chi connectivity index (χ1v) is 9.65. The molecule has 0 aliphatic rings. The van der Waals surface area contributed by atoms with E-state index in [2.05, 4.69) is 33.8 Å². The van der Waals surface area contributed by atoms with Crippen LogP contribution in [0.3, 0.4) is 0 Å². The molecular formula is C19H24O2S2. The number of carbonyl (C=O) groups excluding carboxylic acids is 2. The monoisotopic (exact) mass is 348 g/mol. The summed E-state index contributed by atoms with van der Waals surface area (Å²) in [4.78, 5) is 27.0. The van der Waals surface area contributed by atoms with Crippen molar-refractivity contribution in [1.29, 1.82) is 0 Å². The maximum Gasteiger partial charge on any atom is 0.173 e. The summed E-state index contributed by atoms with van der Waals surface area (Å²) in [6, 6.07) is 7.66. The average Bonchev–Trinajstić information content (AvgIpc) is 3.12. The molecule has 0 aliphatic heterocycles. The van der Waals surface area contributed by atoms with Gasteiger partial charge in [0.15, 0.2) is 11.6 Å². The summed E-state index contributed by atoms with van der Waals surface area (Å²) < 4.78 is 0. The van der Waals surface area contributed by atoms with E-state index in [1.807, 2.05) is 23.6 Å². The summed E-state index contributed by atoms with van der Waals surface area (Å²) in [7, 11) is 0. The lowest BCUT2D eigenvalue weighted by atomic mass is 9.85. The van der Waals surface area contributed by atoms with Crippen LogP contribution in [0.4, 0.5) is 0 Å². The zero-order valence-electron chi connectivity index (χ0n) is 14.2. The highest BCUT2D eigenvalue weighted by Crippen LogP contribution is 2.34. The molecule has 2 aromatic heterocycles. The normalized spacial score (nSPS) is 13.0. The number of carbonyl (C=O) groups is 2. The lowest BCUT2D eigenvalue weighted by Gasteiger charge is -2.22. The third kappa shape index (κ3) is 5.40. The van der Waals surface area contributed by atoms with Crippen molar-refractivity contribution < 1.29 is 9.59 Å². The Morgan fingerprint density at radius 3 is 2.26 bits per heavy atom. The zero-order valence-corrected chi connectivity index (χ0v) is 15.9. The molecule has 0 fully saturated rings. The van der Waals surface area contributed by atoms with Crippen LogP contribution in [0.25, 0.3) is 0 Å². The van der Waals surface area contributed by atoms with E-state index in [0.717, 1.165) is 16.2 Å². The SMILES string of the molecule is CC(CC(C)(C)C)c1ccc(C(=O)CCC(=O)c2cccs2)s1. The van der Waals surface area contributed by atoms with Crippen molar-refractivity contribution >= 4 is 34.2 Å². The standard InChI is InChI=1S/C19H24O2S2/c1-13(12-19(2,3)4)16-9-10-18(23-16)15(21)8-7-14(20)17-6-5-11-22-17/h5-6,9-11,13H,7-8,12H2,1-4H3. The van der Waals surface area contributed by atoms with Gasteiger partial charge in [-0.2, -0.15) is 0 Å². The second-order valence-electron chi connectivity index (χ2n) is 7.19. The van der Waals surface area contributed by atoms with Crippen molar-refractivity contribution in [1.82, 2.24) is 0 Å². The maximum absolute atomic E-state index is 12.3. The molecule has 0 radical (unpaired) electrons. The van der Waals surface area contributed by atoms with Gasteiger partial charge in [0.05, 0.1) is 9.75 Å². The molecule has 0 saturated heterocycles. The van der Waals surface area contributed by atoms with Crippen molar-refractivity contribution in [2.45, 2.75) is 52.9 Å². The number of Topliss-reactive ketones (excluding diaryl/α,β-unsaturated/α-hetero) is 2. The number of thiophene rings is 2. The van der Waals surface area contributed by atoms with Crippen molar-refractivity contribution in [3.63, 3.8) is 0 Å². The molecule has 124 valence electrons. The molecule has 4 heteroatoms. The van der Waals surface area contributed by atoms with E-state index in [1.165, 1.54) is 16.2 Å². The fourth-order valence-corrected chi connectivity index (χ4v) is 4.42. The van der Waals surface area contributed by atoms with Crippen molar-refractivity contribution in [2.24, 2.45) is 5.41 Å². The fourth-order valence-electron chi connectivity index (χ4n) is 2.70. The molecule has 0 saturated carbocycles. The molecule has 1 atom stereocenters. The van der Waals surface area contributed by atoms with Gasteiger partial charge < -0.3 is 0 Å². The molecular weight excluding hydrogens is 324 g/mol. The molecule has 2 nitrogen and oxygen atoms in total. The molecule has 0 aliphatic carbocycles. The third-order valence-corrected chi connectivity index (χ3v) is 5.95. The predicted octanol–water partition coefficient (Wildman–Crippen LogP) is 6.20. The lowest BCUT2D eigenvalue weighted by Crippen LogP contribution is -2.09. The number of hydrogen-bond acceptors (Lipinski definition) is 4. The first-order chi connectivity index (χ1) is 10.8. The maximum atomic E-state index is 12.3. The molecule has 0 amide bonds. The molecule has 1 unspecified atom stereocenters. The molecule has 0 bridgehead atoms. The van der Waals surface area contributed by atoms with E-state index >= 15 is 0 Å². The number of hydrogen-bond donors (Lipinski definition) is 0. The van der Waals surface area contributed by atoms with Crippen LogP contribution in [-0.2, 0) is 0 Å². The van der Waals surface area contributed by atoms with Crippen LogP contribution in [0.1, 0.15) is 77.1 Å². The van der Waals surface area contributed by atoms with Crippen LogP contribution in [-0.4, -0.2) is 11.6 Å². The van der Waals surface area contributed by atoms with Gasteiger partial charge in [0.1, 0.15) is 0 Å². The largest absolute Gasteiger partial charge is 0.293 e. The second-order valence-corrected chi connectivity index (χ2v) is 9.25. The van der Waals surface area contributed by atoms with Gasteiger partial charge in [-0.1, -0.05) is 33.8 Å². The summed E-state index contributed by atoms with van der Waals surface area (Å²) in [6.45, 7) is 8.92. The van der Waals surface area contributed by atoms with Gasteiger partial charge in [-0.15, -0.1) is 22.7 Å². The summed E-state index contributed by atoms with van der Waals surface area (Å²) in [6.07, 6.45) is 1.69. The Bertz CT molecular complexity index is 660. The van der Waals surface area contributed by atoms with Gasteiger partial charge in [-0.3, -0.25) is 9.59 Å². The van der Waals surface area contributed by atoms with E-state index in [-0.39, 0.29) is 17.0 Å². The summed E-state index contributed by atoms with van der Waals surface area (Å²) in [5.74, 6) is 0.592. The first-order valence-electron chi connectivity index (χ1n) is 7.96. The highest BCUT2D eigenvalue weighted by atomic mass is 32.1. The number of ketones is 2. The summed E-state index contributed by atoms with van der Waals surface area (Å²) >= 11 is 3.01. The minimum Gasteiger partial charge on any atom is -0.293 e. The summed E-state index contributed by atoms with van der Waals surface area (Å²) in [5, 5.41) is 1.89. The zero-order chi connectivity index (χ0) is 17.0. The van der Waals surface area contributed by atoms with Crippen LogP contribution < -0.4 is 0 Å². The number of rotatable bonds is 7. The molecule has 0 aromatic carbocycles. The van der Waals surface area contributed by atoms with Crippen LogP contribution in [0.15, 0.2) is 29.6 Å². The lowest BCUT2D eigenvalue weighted by molar-refractivity contribution is 0.0921. The predicted molar refractivity (Wildman–Crippen MR) is 99.0 cm³/mol. The third-order valence-electron chi connectivity index (χ3n) is 3.68. The van der Waals surface area contributed by atoms with E-state index in [1.54, 1.807) is 11.3 Å². The van der Waals surface area contributed by atoms with Crippen molar-refractivity contribution in [3.05, 3.63) is 44.3 Å². The van der Waals surface area contributed by atoms with Crippen molar-refractivity contribution in [2.75, 3.05) is 0 Å². The van der Waals surface area contributed by atoms with Gasteiger partial charge >= 0.3 is 0 Å². The van der Waals surface area contributed by atoms with E-state index in [9.17, 15) is 9.59 Å². The van der Waals surface area contributed by atoms with Crippen LogP contribution >= 0.6 is 22.7 Å². The van der Waals surface area contributed by atoms with E-state index in [0.29, 0.717) is 18.8 Å². The Labute approximate surface area is 146 Å². The Kier molecular flexibility index (Phi) is 5.93. The minimum absolute atomic E-state index is 0.0613. The van der Waals surface area contributed by atoms with E-state index < -0.39 is 0 Å². The Hall–Kier alpha value is -1.26. The Morgan fingerprint density at radius 1 is 1.04 bits per heavy atom. The minimum atomic E-state index is 0.0613. The highest BCUT2D eigenvalue weighted by molar-refractivity contribution is 7.14. The van der Waals surface area contributed by atoms with Crippen LogP contribution in [0, 0.1) is 5.41 Å². The quantitative estimate of drug-likeness (QED) is 0.559. The molecule has 2 rings (SSSR count). The first kappa shape index (κ1) is 18.1. The van der Waals surface area contributed by atoms with Gasteiger partial charge in [0.25, 0.3) is 0 Å². The Balaban J connectivity index is 1.92. The molecule has 2 heterocycles. The van der Waals surface area contributed by atoms with Crippen LogP contribution in [0.5, 0.6) is 0 Å². The fraction of sp³-hybridized carbons (Fsp3) is 0.474. The Morgan fingerprint density at radius 2 is 1.70 bits per heavy atom. The average molecular weight is 349 g/mol. The molecule has 2 aromatic rings. The molecule has 0 N–H and O–H groups in total. The second kappa shape index (κ2) is 7.54. The van der Waals surface area contributed by atoms with Crippen LogP contribution in [0.2, 0.25) is 0 Å². The van der Waals surface area contributed by atoms with Gasteiger partial charge in [0, 0.05) is 17.7 Å². The smallest absolute Gasteiger partial charge is 0.173 e. The highest BCUT2D eigenvalue weighted by Gasteiger charge is 2.19. The van der Waals surface area contributed by atoms with Gasteiger partial charge in [-0.25, -0.2) is 0 Å².